The van der Waals surface area contributed by atoms with Crippen molar-refractivity contribution in [3.05, 3.63) is 90.4 Å². The largest absolute Gasteiger partial charge is 0.490 e. The first-order chi connectivity index (χ1) is 24.2. The lowest BCUT2D eigenvalue weighted by molar-refractivity contribution is -0.164. The minimum atomic E-state index is -1.04. The third-order valence-corrected chi connectivity index (χ3v) is 9.18. The molecular weight excluding hydrogens is 647 g/mol. The van der Waals surface area contributed by atoms with Crippen LogP contribution in [0.2, 0.25) is 0 Å². The van der Waals surface area contributed by atoms with Gasteiger partial charge in [-0.05, 0) is 90.6 Å². The molecule has 0 amide bonds. The van der Waals surface area contributed by atoms with E-state index in [9.17, 15) is 9.18 Å². The van der Waals surface area contributed by atoms with E-state index in [1.54, 1.807) is 23.6 Å². The SMILES string of the molecule is C=CCOC1(C)CCN(c2c([C@H](OC(C)(C)C)C(=O)OC)c(C)nc3cc(-c4cccc(-c5cc(F)c(C)cc5O[C@@H](C)CC=C)c4)nn23)CC1. The summed E-state index contributed by atoms with van der Waals surface area (Å²) >= 11 is 0. The first-order valence-corrected chi connectivity index (χ1v) is 17.5. The monoisotopic (exact) mass is 698 g/mol. The number of anilines is 1. The number of benzene rings is 2. The Morgan fingerprint density at radius 2 is 1.78 bits per heavy atom. The van der Waals surface area contributed by atoms with E-state index < -0.39 is 17.7 Å². The van der Waals surface area contributed by atoms with Gasteiger partial charge in [0.25, 0.3) is 0 Å². The molecule has 0 aliphatic carbocycles. The lowest BCUT2D eigenvalue weighted by Gasteiger charge is -2.41. The van der Waals surface area contributed by atoms with Crippen LogP contribution in [0.5, 0.6) is 5.75 Å². The quantitative estimate of drug-likeness (QED) is 0.101. The van der Waals surface area contributed by atoms with E-state index in [1.807, 2.05) is 71.0 Å². The topological polar surface area (TPSA) is 87.4 Å². The van der Waals surface area contributed by atoms with Gasteiger partial charge < -0.3 is 23.8 Å². The van der Waals surface area contributed by atoms with Gasteiger partial charge in [-0.3, -0.25) is 0 Å². The summed E-state index contributed by atoms with van der Waals surface area (Å²) in [5, 5.41) is 5.12. The second-order valence-electron chi connectivity index (χ2n) is 14.5. The summed E-state index contributed by atoms with van der Waals surface area (Å²) in [6, 6.07) is 13.0. The van der Waals surface area contributed by atoms with Crippen LogP contribution in [0.15, 0.2) is 67.8 Å². The summed E-state index contributed by atoms with van der Waals surface area (Å²) in [7, 11) is 1.36. The molecule has 10 heteroatoms. The average Bonchev–Trinajstić information content (AvgIpc) is 3.51. The average molecular weight is 699 g/mol. The van der Waals surface area contributed by atoms with Gasteiger partial charge in [0.2, 0.25) is 0 Å². The highest BCUT2D eigenvalue weighted by atomic mass is 19.1. The summed E-state index contributed by atoms with van der Waals surface area (Å²) in [5.74, 6) is 0.491. The van der Waals surface area contributed by atoms with Gasteiger partial charge in [0, 0.05) is 42.4 Å². The number of ether oxygens (including phenoxy) is 4. The van der Waals surface area contributed by atoms with E-state index in [1.165, 1.54) is 13.2 Å². The van der Waals surface area contributed by atoms with Gasteiger partial charge >= 0.3 is 5.97 Å². The van der Waals surface area contributed by atoms with E-state index in [2.05, 4.69) is 25.0 Å². The molecule has 272 valence electrons. The minimum absolute atomic E-state index is 0.132. The van der Waals surface area contributed by atoms with Crippen molar-refractivity contribution in [2.75, 3.05) is 31.7 Å². The van der Waals surface area contributed by atoms with E-state index >= 15 is 0 Å². The molecule has 0 N–H and O–H groups in total. The Bertz CT molecular complexity index is 1900. The zero-order valence-corrected chi connectivity index (χ0v) is 31.2. The van der Waals surface area contributed by atoms with Gasteiger partial charge in [-0.2, -0.15) is 9.61 Å². The molecule has 2 aromatic carbocycles. The molecule has 2 atom stereocenters. The Kier molecular flexibility index (Phi) is 11.4. The number of methoxy groups -OCH3 is 1. The first-order valence-electron chi connectivity index (χ1n) is 17.5. The third kappa shape index (κ3) is 8.51. The number of hydrogen-bond donors (Lipinski definition) is 0. The Hall–Kier alpha value is -4.54. The second-order valence-corrected chi connectivity index (χ2v) is 14.5. The fourth-order valence-electron chi connectivity index (χ4n) is 6.47. The highest BCUT2D eigenvalue weighted by molar-refractivity contribution is 5.81. The number of halogens is 1. The summed E-state index contributed by atoms with van der Waals surface area (Å²) in [4.78, 5) is 20.6. The van der Waals surface area contributed by atoms with Crippen LogP contribution in [-0.2, 0) is 19.0 Å². The third-order valence-electron chi connectivity index (χ3n) is 9.18. The number of esters is 1. The first kappa shape index (κ1) is 37.7. The van der Waals surface area contributed by atoms with Crippen LogP contribution in [0.1, 0.15) is 76.8 Å². The van der Waals surface area contributed by atoms with Crippen molar-refractivity contribution in [2.24, 2.45) is 0 Å². The number of fused-ring (bicyclic) bond motifs is 1. The smallest absolute Gasteiger partial charge is 0.339 e. The molecule has 1 fully saturated rings. The van der Waals surface area contributed by atoms with Crippen molar-refractivity contribution in [1.82, 2.24) is 14.6 Å². The minimum Gasteiger partial charge on any atom is -0.490 e. The maximum atomic E-state index is 15.0. The fraction of sp³-hybridized carbons (Fsp3) is 0.439. The number of rotatable bonds is 13. The number of carbonyl (C=O) groups is 1. The van der Waals surface area contributed by atoms with Gasteiger partial charge in [0.15, 0.2) is 11.8 Å². The van der Waals surface area contributed by atoms with Crippen LogP contribution in [0, 0.1) is 19.7 Å². The number of aromatic nitrogens is 3. The van der Waals surface area contributed by atoms with Crippen molar-refractivity contribution in [3.63, 3.8) is 0 Å². The molecule has 1 aliphatic rings. The van der Waals surface area contributed by atoms with Crippen LogP contribution in [0.3, 0.4) is 0 Å². The van der Waals surface area contributed by atoms with Gasteiger partial charge in [0.05, 0.1) is 42.3 Å². The van der Waals surface area contributed by atoms with Crippen LogP contribution < -0.4 is 9.64 Å². The molecule has 3 heterocycles. The Labute approximate surface area is 301 Å². The molecule has 9 nitrogen and oxygen atoms in total. The zero-order valence-electron chi connectivity index (χ0n) is 31.2. The van der Waals surface area contributed by atoms with Crippen molar-refractivity contribution in [2.45, 2.75) is 91.1 Å². The molecule has 51 heavy (non-hydrogen) atoms. The van der Waals surface area contributed by atoms with E-state index in [4.69, 9.17) is 29.0 Å². The van der Waals surface area contributed by atoms with Crippen molar-refractivity contribution >= 4 is 17.4 Å². The van der Waals surface area contributed by atoms with Gasteiger partial charge in [-0.15, -0.1) is 13.2 Å². The van der Waals surface area contributed by atoms with Crippen molar-refractivity contribution < 1.29 is 28.1 Å². The van der Waals surface area contributed by atoms with Crippen molar-refractivity contribution in [1.29, 1.82) is 0 Å². The highest BCUT2D eigenvalue weighted by Gasteiger charge is 2.38. The maximum absolute atomic E-state index is 15.0. The molecule has 5 rings (SSSR count). The standard InChI is InChI=1S/C41H51FN4O5/c1-11-14-27(4)50-34-22-26(3)32(42)24-31(34)29-15-13-16-30(23-29)33-25-35-43-28(5)36(37(39(47)48-10)51-40(6,7)8)38(46(35)44-33)45-19-17-41(9,18-20-45)49-21-12-2/h11-13,15-16,22-25,27,37H,1-2,14,17-21H2,3-10H3/t27-,37-/m0/s1. The number of nitrogens with zero attached hydrogens (tertiary/aromatic N) is 4. The molecular formula is C41H51FN4O5. The van der Waals surface area contributed by atoms with Crippen LogP contribution in [-0.4, -0.2) is 64.7 Å². The maximum Gasteiger partial charge on any atom is 0.339 e. The summed E-state index contributed by atoms with van der Waals surface area (Å²) in [6.07, 6.45) is 4.57. The summed E-state index contributed by atoms with van der Waals surface area (Å²) in [5.41, 5.74) is 4.31. The molecule has 2 aromatic heterocycles. The summed E-state index contributed by atoms with van der Waals surface area (Å²) in [6.45, 7) is 22.8. The number of aryl methyl sites for hydroxylation is 2. The van der Waals surface area contributed by atoms with E-state index in [-0.39, 0.29) is 17.5 Å². The van der Waals surface area contributed by atoms with Crippen LogP contribution >= 0.6 is 0 Å². The van der Waals surface area contributed by atoms with Gasteiger partial charge in [-0.25, -0.2) is 14.2 Å². The lowest BCUT2D eigenvalue weighted by atomic mass is 9.92. The van der Waals surface area contributed by atoms with Gasteiger partial charge in [-0.1, -0.05) is 30.4 Å². The molecule has 1 saturated heterocycles. The van der Waals surface area contributed by atoms with Crippen LogP contribution in [0.25, 0.3) is 28.0 Å². The van der Waals surface area contributed by atoms with Gasteiger partial charge in [0.1, 0.15) is 17.4 Å². The van der Waals surface area contributed by atoms with Crippen LogP contribution in [0.4, 0.5) is 10.2 Å². The predicted octanol–water partition coefficient (Wildman–Crippen LogP) is 8.75. The number of hydrogen-bond acceptors (Lipinski definition) is 8. The van der Waals surface area contributed by atoms with Crippen molar-refractivity contribution in [3.8, 4) is 28.1 Å². The fourth-order valence-corrected chi connectivity index (χ4v) is 6.47. The van der Waals surface area contributed by atoms with E-state index in [0.29, 0.717) is 65.6 Å². The molecule has 4 aromatic rings. The highest BCUT2D eigenvalue weighted by Crippen LogP contribution is 2.40. The predicted molar refractivity (Wildman–Crippen MR) is 200 cm³/mol. The number of carbonyl (C=O) groups excluding carboxylic acids is 1. The number of piperidine rings is 1. The molecule has 0 spiro atoms. The lowest BCUT2D eigenvalue weighted by Crippen LogP contribution is -2.45. The Balaban J connectivity index is 1.65. The van der Waals surface area contributed by atoms with E-state index in [0.717, 1.165) is 29.8 Å². The second kappa shape index (κ2) is 15.4. The Morgan fingerprint density at radius 1 is 1.08 bits per heavy atom. The molecule has 0 saturated carbocycles. The molecule has 0 unspecified atom stereocenters. The molecule has 0 radical (unpaired) electrons. The molecule has 1 aliphatic heterocycles. The normalized spacial score (nSPS) is 15.7. The summed E-state index contributed by atoms with van der Waals surface area (Å²) < 4.78 is 40.9. The molecule has 0 bridgehead atoms. The zero-order chi connectivity index (χ0) is 37.1. The Morgan fingerprint density at radius 3 is 2.43 bits per heavy atom.